The highest BCUT2D eigenvalue weighted by atomic mass is 16.6. The van der Waals surface area contributed by atoms with Gasteiger partial charge in [-0.05, 0) is 57.3 Å². The van der Waals surface area contributed by atoms with E-state index in [4.69, 9.17) is 4.74 Å². The number of aliphatic carboxylic acids is 1. The van der Waals surface area contributed by atoms with Crippen molar-refractivity contribution in [1.82, 2.24) is 0 Å². The van der Waals surface area contributed by atoms with Crippen molar-refractivity contribution in [3.05, 3.63) is 12.2 Å². The lowest BCUT2D eigenvalue weighted by molar-refractivity contribution is -0.161. The molecular formula is C19H22O4. The first-order chi connectivity index (χ1) is 10.9. The molecule has 1 heterocycles. The van der Waals surface area contributed by atoms with E-state index in [9.17, 15) is 14.7 Å². The molecule has 122 valence electrons. The molecule has 6 aliphatic carbocycles. The molecule has 6 saturated carbocycles. The predicted molar refractivity (Wildman–Crippen MR) is 80.2 cm³/mol. The highest BCUT2D eigenvalue weighted by molar-refractivity contribution is 5.86. The maximum absolute atomic E-state index is 12.8. The number of carbonyl (C=O) groups excluding carboxylic acids is 1. The topological polar surface area (TPSA) is 63.6 Å². The van der Waals surface area contributed by atoms with E-state index in [1.165, 1.54) is 5.57 Å². The molecule has 0 unspecified atom stereocenters. The number of ether oxygens (including phenoxy) is 1. The molecule has 0 aromatic rings. The van der Waals surface area contributed by atoms with Gasteiger partial charge in [0.25, 0.3) is 0 Å². The summed E-state index contributed by atoms with van der Waals surface area (Å²) in [6.07, 6.45) is 5.73. The lowest BCUT2D eigenvalue weighted by Gasteiger charge is -2.47. The van der Waals surface area contributed by atoms with Crippen LogP contribution in [-0.4, -0.2) is 22.6 Å². The zero-order valence-electron chi connectivity index (χ0n) is 13.4. The molecule has 8 atom stereocenters. The van der Waals surface area contributed by atoms with Gasteiger partial charge in [0, 0.05) is 16.7 Å². The van der Waals surface area contributed by atoms with Crippen LogP contribution in [0, 0.1) is 39.9 Å². The zero-order valence-corrected chi connectivity index (χ0v) is 13.4. The van der Waals surface area contributed by atoms with Crippen molar-refractivity contribution >= 4 is 11.9 Å². The average molecular weight is 314 g/mol. The third-order valence-corrected chi connectivity index (χ3v) is 9.21. The summed E-state index contributed by atoms with van der Waals surface area (Å²) in [5.41, 5.74) is -0.0989. The first-order valence-electron chi connectivity index (χ1n) is 9.02. The number of carbonyl (C=O) groups is 2. The summed E-state index contributed by atoms with van der Waals surface area (Å²) in [5.74, 6) is -0.596. The molecule has 7 rings (SSSR count). The fourth-order valence-corrected chi connectivity index (χ4v) is 8.91. The normalized spacial score (nSPS) is 63.5. The summed E-state index contributed by atoms with van der Waals surface area (Å²) in [6.45, 7) is 6.32. The molecule has 4 heteroatoms. The number of esters is 1. The lowest BCUT2D eigenvalue weighted by atomic mass is 9.55. The fraction of sp³-hybridized carbons (Fsp3) is 0.789. The highest BCUT2D eigenvalue weighted by Gasteiger charge is 3.00. The molecule has 1 aliphatic heterocycles. The number of carboxylic acids is 1. The van der Waals surface area contributed by atoms with Gasteiger partial charge in [0.1, 0.15) is 5.60 Å². The second kappa shape index (κ2) is 3.12. The van der Waals surface area contributed by atoms with Crippen molar-refractivity contribution in [1.29, 1.82) is 0 Å². The van der Waals surface area contributed by atoms with Crippen LogP contribution in [-0.2, 0) is 14.3 Å². The highest BCUT2D eigenvalue weighted by Crippen LogP contribution is 2.98. The van der Waals surface area contributed by atoms with Gasteiger partial charge < -0.3 is 9.84 Å². The minimum absolute atomic E-state index is 0.104. The summed E-state index contributed by atoms with van der Waals surface area (Å²) < 4.78 is 6.19. The van der Waals surface area contributed by atoms with Crippen molar-refractivity contribution in [3.8, 4) is 0 Å². The van der Waals surface area contributed by atoms with E-state index in [-0.39, 0.29) is 22.7 Å². The SMILES string of the molecule is C=C1[C@@H]2CC[C@]34[C@H]1[C@@]3(C2)[C@@H](C(=O)O)[C@@H]1[C@@]2(C)CCC[C@]14OC2=O. The summed E-state index contributed by atoms with van der Waals surface area (Å²) in [7, 11) is 0. The van der Waals surface area contributed by atoms with Crippen LogP contribution in [0.2, 0.25) is 0 Å². The summed E-state index contributed by atoms with van der Waals surface area (Å²) in [5, 5.41) is 10.2. The van der Waals surface area contributed by atoms with Gasteiger partial charge in [-0.1, -0.05) is 12.2 Å². The fourth-order valence-electron chi connectivity index (χ4n) is 8.91. The van der Waals surface area contributed by atoms with Gasteiger partial charge in [0.2, 0.25) is 0 Å². The molecule has 23 heavy (non-hydrogen) atoms. The Bertz CT molecular complexity index is 727. The van der Waals surface area contributed by atoms with Gasteiger partial charge in [-0.25, -0.2) is 0 Å². The summed E-state index contributed by atoms with van der Waals surface area (Å²) in [4.78, 5) is 25.1. The number of rotatable bonds is 1. The van der Waals surface area contributed by atoms with Crippen molar-refractivity contribution < 1.29 is 19.4 Å². The van der Waals surface area contributed by atoms with Crippen LogP contribution in [0.1, 0.15) is 45.4 Å². The molecule has 6 bridgehead atoms. The van der Waals surface area contributed by atoms with E-state index in [1.54, 1.807) is 0 Å². The molecule has 1 N–H and O–H groups in total. The Labute approximate surface area is 135 Å². The third kappa shape index (κ3) is 0.878. The zero-order chi connectivity index (χ0) is 16.0. The lowest BCUT2D eigenvalue weighted by Crippen LogP contribution is -2.52. The van der Waals surface area contributed by atoms with Gasteiger partial charge in [-0.3, -0.25) is 9.59 Å². The Morgan fingerprint density at radius 2 is 2.13 bits per heavy atom. The van der Waals surface area contributed by atoms with E-state index in [0.29, 0.717) is 11.8 Å². The van der Waals surface area contributed by atoms with Gasteiger partial charge >= 0.3 is 11.9 Å². The maximum atomic E-state index is 12.8. The number of allylic oxidation sites excluding steroid dienone is 1. The predicted octanol–water partition coefficient (Wildman–Crippen LogP) is 2.78. The van der Waals surface area contributed by atoms with Crippen molar-refractivity contribution in [2.24, 2.45) is 39.9 Å². The van der Waals surface area contributed by atoms with Gasteiger partial charge in [-0.15, -0.1) is 0 Å². The van der Waals surface area contributed by atoms with Crippen molar-refractivity contribution in [3.63, 3.8) is 0 Å². The molecule has 1 saturated heterocycles. The first kappa shape index (κ1) is 13.0. The Kier molecular flexibility index (Phi) is 1.77. The number of fused-ring (bicyclic) bond motifs is 1. The summed E-state index contributed by atoms with van der Waals surface area (Å²) in [6, 6.07) is 0. The van der Waals surface area contributed by atoms with Crippen LogP contribution in [0.25, 0.3) is 0 Å². The van der Waals surface area contributed by atoms with E-state index in [1.807, 2.05) is 6.92 Å². The molecule has 0 aromatic carbocycles. The smallest absolute Gasteiger partial charge is 0.312 e. The molecule has 0 amide bonds. The second-order valence-corrected chi connectivity index (χ2v) is 9.30. The maximum Gasteiger partial charge on any atom is 0.312 e. The van der Waals surface area contributed by atoms with Crippen LogP contribution in [0.5, 0.6) is 0 Å². The van der Waals surface area contributed by atoms with Gasteiger partial charge in [0.05, 0.1) is 11.3 Å². The minimum atomic E-state index is -0.703. The van der Waals surface area contributed by atoms with Gasteiger partial charge in [0.15, 0.2) is 0 Å². The van der Waals surface area contributed by atoms with Crippen molar-refractivity contribution in [2.45, 2.75) is 51.0 Å². The molecule has 2 spiro atoms. The van der Waals surface area contributed by atoms with Crippen LogP contribution in [0.15, 0.2) is 12.2 Å². The second-order valence-electron chi connectivity index (χ2n) is 9.30. The van der Waals surface area contributed by atoms with Crippen LogP contribution in [0.4, 0.5) is 0 Å². The number of carboxylic acid groups (broad SMARTS) is 1. The van der Waals surface area contributed by atoms with Crippen molar-refractivity contribution in [2.75, 3.05) is 0 Å². The Morgan fingerprint density at radius 3 is 2.87 bits per heavy atom. The van der Waals surface area contributed by atoms with E-state index in [2.05, 4.69) is 6.58 Å². The molecule has 7 fully saturated rings. The van der Waals surface area contributed by atoms with Crippen LogP contribution in [0.3, 0.4) is 0 Å². The Morgan fingerprint density at radius 1 is 1.35 bits per heavy atom. The largest absolute Gasteiger partial charge is 0.481 e. The van der Waals surface area contributed by atoms with Gasteiger partial charge in [-0.2, -0.15) is 0 Å². The quantitative estimate of drug-likeness (QED) is 0.597. The molecule has 0 aromatic heterocycles. The Balaban J connectivity index is 1.66. The molecular weight excluding hydrogens is 292 g/mol. The number of hydrogen-bond donors (Lipinski definition) is 1. The third-order valence-electron chi connectivity index (χ3n) is 9.21. The molecule has 0 radical (unpaired) electrons. The number of hydrogen-bond acceptors (Lipinski definition) is 3. The minimum Gasteiger partial charge on any atom is -0.481 e. The average Bonchev–Trinajstić information content (AvgIpc) is 2.89. The monoisotopic (exact) mass is 314 g/mol. The summed E-state index contributed by atoms with van der Waals surface area (Å²) >= 11 is 0. The molecule has 7 aliphatic rings. The van der Waals surface area contributed by atoms with Crippen LogP contribution >= 0.6 is 0 Å². The van der Waals surface area contributed by atoms with Crippen LogP contribution < -0.4 is 0 Å². The van der Waals surface area contributed by atoms with E-state index < -0.39 is 22.9 Å². The first-order valence-corrected chi connectivity index (χ1v) is 9.02. The van der Waals surface area contributed by atoms with E-state index in [0.717, 1.165) is 38.5 Å². The Hall–Kier alpha value is -1.32. The standard InChI is InChI=1S/C19H22O4/c1-9-10-4-7-18-12(9)17(18,8-10)11(14(20)21)13-16(2)5-3-6-19(13,18)23-15(16)22/h10-13H,1,3-8H2,2H3,(H,20,21)/t10-,11-,12-,13-,16-,17-,18+,19+/m1/s1. The molecule has 4 nitrogen and oxygen atoms in total. The van der Waals surface area contributed by atoms with E-state index >= 15 is 0 Å².